The molecule has 1 saturated carbocycles. The van der Waals surface area contributed by atoms with E-state index >= 15 is 0 Å². The zero-order chi connectivity index (χ0) is 13.5. The summed E-state index contributed by atoms with van der Waals surface area (Å²) < 4.78 is 5.14. The fourth-order valence-electron chi connectivity index (χ4n) is 3.10. The summed E-state index contributed by atoms with van der Waals surface area (Å²) in [5.41, 5.74) is 1.52. The summed E-state index contributed by atoms with van der Waals surface area (Å²) in [4.78, 5) is 0. The summed E-state index contributed by atoms with van der Waals surface area (Å²) in [6, 6.07) is 12.2. The zero-order valence-corrected chi connectivity index (χ0v) is 12.3. The predicted molar refractivity (Wildman–Crippen MR) is 80.5 cm³/mol. The average molecular weight is 261 g/mol. The van der Waals surface area contributed by atoms with E-state index in [0.29, 0.717) is 12.1 Å². The Labute approximate surface area is 117 Å². The Balaban J connectivity index is 1.73. The maximum Gasteiger partial charge on any atom is 0.0476 e. The molecule has 0 bridgehead atoms. The molecule has 1 atom stereocenters. The lowest BCUT2D eigenvalue weighted by Crippen LogP contribution is -2.39. The van der Waals surface area contributed by atoms with Crippen molar-refractivity contribution in [2.24, 2.45) is 0 Å². The Bertz CT molecular complexity index is 344. The molecule has 1 aromatic carbocycles. The number of methoxy groups -OCH3 is 1. The topological polar surface area (TPSA) is 21.3 Å². The first kappa shape index (κ1) is 14.5. The van der Waals surface area contributed by atoms with E-state index in [9.17, 15) is 0 Å². The van der Waals surface area contributed by atoms with E-state index in [0.717, 1.165) is 18.9 Å². The normalized spacial score (nSPS) is 25.2. The average Bonchev–Trinajstić information content (AvgIpc) is 2.47. The SMILES string of the molecule is COCCC(C)NC1CCC(c2ccccc2)CC1. The third-order valence-corrected chi connectivity index (χ3v) is 4.27. The molecule has 1 N–H and O–H groups in total. The molecule has 1 fully saturated rings. The van der Waals surface area contributed by atoms with Crippen molar-refractivity contribution < 1.29 is 4.74 Å². The summed E-state index contributed by atoms with van der Waals surface area (Å²) in [7, 11) is 1.78. The van der Waals surface area contributed by atoms with Gasteiger partial charge in [-0.05, 0) is 50.5 Å². The van der Waals surface area contributed by atoms with E-state index in [-0.39, 0.29) is 0 Å². The Morgan fingerprint density at radius 1 is 1.16 bits per heavy atom. The summed E-state index contributed by atoms with van der Waals surface area (Å²) in [6.45, 7) is 3.12. The second kappa shape index (κ2) is 7.66. The highest BCUT2D eigenvalue weighted by molar-refractivity contribution is 5.20. The van der Waals surface area contributed by atoms with Gasteiger partial charge in [0.25, 0.3) is 0 Å². The largest absolute Gasteiger partial charge is 0.385 e. The van der Waals surface area contributed by atoms with E-state index in [1.165, 1.54) is 31.2 Å². The molecule has 1 unspecified atom stereocenters. The highest BCUT2D eigenvalue weighted by atomic mass is 16.5. The smallest absolute Gasteiger partial charge is 0.0476 e. The van der Waals surface area contributed by atoms with Gasteiger partial charge in [-0.3, -0.25) is 0 Å². The van der Waals surface area contributed by atoms with E-state index in [1.54, 1.807) is 7.11 Å². The summed E-state index contributed by atoms with van der Waals surface area (Å²) in [5.74, 6) is 0.772. The van der Waals surface area contributed by atoms with Crippen molar-refractivity contribution >= 4 is 0 Å². The van der Waals surface area contributed by atoms with Crippen LogP contribution < -0.4 is 5.32 Å². The minimum absolute atomic E-state index is 0.568. The van der Waals surface area contributed by atoms with Gasteiger partial charge in [-0.25, -0.2) is 0 Å². The van der Waals surface area contributed by atoms with Gasteiger partial charge in [0, 0.05) is 25.8 Å². The lowest BCUT2D eigenvalue weighted by atomic mass is 9.81. The number of rotatable bonds is 6. The van der Waals surface area contributed by atoms with Gasteiger partial charge in [-0.1, -0.05) is 30.3 Å². The molecule has 0 aromatic heterocycles. The van der Waals surface area contributed by atoms with Gasteiger partial charge in [0.2, 0.25) is 0 Å². The molecule has 1 aromatic rings. The monoisotopic (exact) mass is 261 g/mol. The molecule has 0 aliphatic heterocycles. The Hall–Kier alpha value is -0.860. The van der Waals surface area contributed by atoms with Gasteiger partial charge < -0.3 is 10.1 Å². The first-order valence-electron chi connectivity index (χ1n) is 7.59. The predicted octanol–water partition coefficient (Wildman–Crippen LogP) is 3.73. The van der Waals surface area contributed by atoms with Crippen molar-refractivity contribution in [2.45, 2.75) is 57.0 Å². The maximum atomic E-state index is 5.14. The van der Waals surface area contributed by atoms with Gasteiger partial charge in [0.15, 0.2) is 0 Å². The lowest BCUT2D eigenvalue weighted by Gasteiger charge is -2.31. The highest BCUT2D eigenvalue weighted by Crippen LogP contribution is 2.32. The molecule has 2 rings (SSSR count). The van der Waals surface area contributed by atoms with Crippen molar-refractivity contribution in [2.75, 3.05) is 13.7 Å². The number of hydrogen-bond donors (Lipinski definition) is 1. The number of hydrogen-bond acceptors (Lipinski definition) is 2. The zero-order valence-electron chi connectivity index (χ0n) is 12.3. The molecule has 106 valence electrons. The molecular formula is C17H27NO. The molecule has 1 aliphatic rings. The maximum absolute atomic E-state index is 5.14. The van der Waals surface area contributed by atoms with Crippen LogP contribution in [0.3, 0.4) is 0 Å². The second-order valence-corrected chi connectivity index (χ2v) is 5.81. The van der Waals surface area contributed by atoms with E-state index in [4.69, 9.17) is 4.74 Å². The first-order chi connectivity index (χ1) is 9.29. The summed E-state index contributed by atoms with van der Waals surface area (Å²) in [5, 5.41) is 3.75. The van der Waals surface area contributed by atoms with Crippen LogP contribution in [0.4, 0.5) is 0 Å². The molecule has 0 heterocycles. The van der Waals surface area contributed by atoms with Gasteiger partial charge in [0.05, 0.1) is 0 Å². The third kappa shape index (κ3) is 4.63. The lowest BCUT2D eigenvalue weighted by molar-refractivity contribution is 0.179. The minimum Gasteiger partial charge on any atom is -0.385 e. The van der Waals surface area contributed by atoms with Crippen LogP contribution >= 0.6 is 0 Å². The van der Waals surface area contributed by atoms with Crippen molar-refractivity contribution in [3.05, 3.63) is 35.9 Å². The highest BCUT2D eigenvalue weighted by Gasteiger charge is 2.22. The molecule has 19 heavy (non-hydrogen) atoms. The summed E-state index contributed by atoms with van der Waals surface area (Å²) >= 11 is 0. The molecule has 0 saturated heterocycles. The second-order valence-electron chi connectivity index (χ2n) is 5.81. The molecule has 0 radical (unpaired) electrons. The Morgan fingerprint density at radius 2 is 1.84 bits per heavy atom. The van der Waals surface area contributed by atoms with Crippen molar-refractivity contribution in [1.29, 1.82) is 0 Å². The van der Waals surface area contributed by atoms with Gasteiger partial charge in [-0.15, -0.1) is 0 Å². The quantitative estimate of drug-likeness (QED) is 0.842. The molecular weight excluding hydrogens is 234 g/mol. The molecule has 2 heteroatoms. The van der Waals surface area contributed by atoms with Crippen molar-refractivity contribution in [1.82, 2.24) is 5.32 Å². The first-order valence-corrected chi connectivity index (χ1v) is 7.59. The van der Waals surface area contributed by atoms with Crippen molar-refractivity contribution in [3.63, 3.8) is 0 Å². The van der Waals surface area contributed by atoms with Crippen LogP contribution in [0.5, 0.6) is 0 Å². The minimum atomic E-state index is 0.568. The number of benzene rings is 1. The van der Waals surface area contributed by atoms with Gasteiger partial charge in [0.1, 0.15) is 0 Å². The molecule has 2 nitrogen and oxygen atoms in total. The fourth-order valence-corrected chi connectivity index (χ4v) is 3.10. The summed E-state index contributed by atoms with van der Waals surface area (Å²) in [6.07, 6.45) is 6.35. The van der Waals surface area contributed by atoms with E-state index < -0.39 is 0 Å². The standard InChI is InChI=1S/C17H27NO/c1-14(12-13-19-2)18-17-10-8-16(9-11-17)15-6-4-3-5-7-15/h3-7,14,16-18H,8-13H2,1-2H3. The third-order valence-electron chi connectivity index (χ3n) is 4.27. The Morgan fingerprint density at radius 3 is 2.47 bits per heavy atom. The van der Waals surface area contributed by atoms with Crippen LogP contribution in [0.2, 0.25) is 0 Å². The fraction of sp³-hybridized carbons (Fsp3) is 0.647. The van der Waals surface area contributed by atoms with Crippen LogP contribution in [-0.4, -0.2) is 25.8 Å². The van der Waals surface area contributed by atoms with Gasteiger partial charge in [-0.2, -0.15) is 0 Å². The van der Waals surface area contributed by atoms with E-state index in [1.807, 2.05) is 0 Å². The Kier molecular flexibility index (Phi) is 5.87. The molecule has 0 amide bonds. The number of nitrogens with one attached hydrogen (secondary N) is 1. The van der Waals surface area contributed by atoms with Gasteiger partial charge >= 0.3 is 0 Å². The van der Waals surface area contributed by atoms with Crippen molar-refractivity contribution in [3.8, 4) is 0 Å². The van der Waals surface area contributed by atoms with Crippen LogP contribution in [0.1, 0.15) is 50.5 Å². The number of ether oxygens (including phenoxy) is 1. The van der Waals surface area contributed by atoms with E-state index in [2.05, 4.69) is 42.6 Å². The van der Waals surface area contributed by atoms with Crippen LogP contribution in [0.15, 0.2) is 30.3 Å². The van der Waals surface area contributed by atoms with Crippen LogP contribution in [0, 0.1) is 0 Å². The van der Waals surface area contributed by atoms with Crippen LogP contribution in [-0.2, 0) is 4.74 Å². The van der Waals surface area contributed by atoms with Crippen LogP contribution in [0.25, 0.3) is 0 Å². The molecule has 1 aliphatic carbocycles. The molecule has 0 spiro atoms.